The monoisotopic (exact) mass is 280 g/mol. The minimum Gasteiger partial charge on any atom is -0.319 e. The van der Waals surface area contributed by atoms with Crippen LogP contribution in [0.2, 0.25) is 5.02 Å². The van der Waals surface area contributed by atoms with Gasteiger partial charge in [0.05, 0.1) is 6.54 Å². The summed E-state index contributed by atoms with van der Waals surface area (Å²) in [5.74, 6) is -0.682. The lowest BCUT2D eigenvalue weighted by Crippen LogP contribution is -2.41. The molecule has 0 unspecified atom stereocenters. The fraction of sp³-hybridized carbons (Fsp3) is 0.308. The van der Waals surface area contributed by atoms with Crippen molar-refractivity contribution >= 4 is 29.3 Å². The van der Waals surface area contributed by atoms with Crippen molar-refractivity contribution in [3.63, 3.8) is 0 Å². The molecule has 5 nitrogen and oxygen atoms in total. The molecule has 1 N–H and O–H groups in total. The summed E-state index contributed by atoms with van der Waals surface area (Å²) in [5, 5.41) is 3.16. The number of carbonyl (C=O) groups is 3. The zero-order valence-corrected chi connectivity index (χ0v) is 11.3. The second-order valence-corrected chi connectivity index (χ2v) is 5.09. The summed E-state index contributed by atoms with van der Waals surface area (Å²) >= 11 is 5.80. The Kier molecular flexibility index (Phi) is 3.32. The van der Waals surface area contributed by atoms with Gasteiger partial charge in [-0.1, -0.05) is 23.7 Å². The summed E-state index contributed by atoms with van der Waals surface area (Å²) in [5.41, 5.74) is -0.529. The fourth-order valence-electron chi connectivity index (χ4n) is 2.04. The standard InChI is InChI=1S/C13H13ClN2O3/c1-8(17)7-16-11(18)13(2,15-12(16)19)9-3-5-10(14)6-4-9/h3-6H,7H2,1-2H3,(H,15,19)/t13-/m1/s1. The van der Waals surface area contributed by atoms with Gasteiger partial charge in [-0.15, -0.1) is 0 Å². The maximum Gasteiger partial charge on any atom is 0.325 e. The molecule has 1 aliphatic rings. The zero-order chi connectivity index (χ0) is 14.2. The summed E-state index contributed by atoms with van der Waals surface area (Å²) < 4.78 is 0. The van der Waals surface area contributed by atoms with Gasteiger partial charge in [-0.3, -0.25) is 14.5 Å². The van der Waals surface area contributed by atoms with Gasteiger partial charge >= 0.3 is 6.03 Å². The summed E-state index contributed by atoms with van der Waals surface area (Å²) in [6.45, 7) is 2.73. The number of ketones is 1. The van der Waals surface area contributed by atoms with Crippen molar-refractivity contribution in [1.82, 2.24) is 10.2 Å². The van der Waals surface area contributed by atoms with Crippen LogP contribution in [0.5, 0.6) is 0 Å². The highest BCUT2D eigenvalue weighted by atomic mass is 35.5. The van der Waals surface area contributed by atoms with E-state index in [1.807, 2.05) is 0 Å². The number of hydrogen-bond acceptors (Lipinski definition) is 3. The topological polar surface area (TPSA) is 66.5 Å². The maximum absolute atomic E-state index is 12.3. The number of carbonyl (C=O) groups excluding carboxylic acids is 3. The van der Waals surface area contributed by atoms with Gasteiger partial charge in [-0.2, -0.15) is 0 Å². The number of amides is 3. The van der Waals surface area contributed by atoms with Crippen LogP contribution < -0.4 is 5.32 Å². The van der Waals surface area contributed by atoms with Crippen LogP contribution in [0.3, 0.4) is 0 Å². The number of nitrogens with zero attached hydrogens (tertiary/aromatic N) is 1. The molecule has 100 valence electrons. The highest BCUT2D eigenvalue weighted by Crippen LogP contribution is 2.29. The average molecular weight is 281 g/mol. The van der Waals surface area contributed by atoms with Crippen LogP contribution in [0.15, 0.2) is 24.3 Å². The predicted octanol–water partition coefficient (Wildman–Crippen LogP) is 1.70. The molecule has 1 heterocycles. The van der Waals surface area contributed by atoms with Crippen LogP contribution in [0.1, 0.15) is 19.4 Å². The Balaban J connectivity index is 2.35. The molecule has 6 heteroatoms. The second-order valence-electron chi connectivity index (χ2n) is 4.66. The number of Topliss-reactive ketones (excluding diaryl/α,β-unsaturated/α-hetero) is 1. The number of rotatable bonds is 3. The van der Waals surface area contributed by atoms with Crippen LogP contribution >= 0.6 is 11.6 Å². The average Bonchev–Trinajstić information content (AvgIpc) is 2.54. The van der Waals surface area contributed by atoms with Gasteiger partial charge in [-0.25, -0.2) is 4.79 Å². The zero-order valence-electron chi connectivity index (χ0n) is 10.6. The Morgan fingerprint density at radius 1 is 1.32 bits per heavy atom. The summed E-state index contributed by atoms with van der Waals surface area (Å²) in [7, 11) is 0. The normalized spacial score (nSPS) is 22.6. The fourth-order valence-corrected chi connectivity index (χ4v) is 2.17. The molecular weight excluding hydrogens is 268 g/mol. The number of benzene rings is 1. The molecule has 19 heavy (non-hydrogen) atoms. The van der Waals surface area contributed by atoms with Gasteiger partial charge in [0.25, 0.3) is 5.91 Å². The lowest BCUT2D eigenvalue weighted by molar-refractivity contribution is -0.133. The van der Waals surface area contributed by atoms with Gasteiger partial charge in [0.1, 0.15) is 11.3 Å². The minimum atomic E-state index is -1.16. The van der Waals surface area contributed by atoms with Crippen LogP contribution in [-0.4, -0.2) is 29.2 Å². The molecule has 1 fully saturated rings. The van der Waals surface area contributed by atoms with E-state index in [4.69, 9.17) is 11.6 Å². The Labute approximate surface area is 115 Å². The third-order valence-electron chi connectivity index (χ3n) is 3.08. The van der Waals surface area contributed by atoms with Crippen LogP contribution in [0, 0.1) is 0 Å². The van der Waals surface area contributed by atoms with E-state index in [-0.39, 0.29) is 12.3 Å². The summed E-state index contributed by atoms with van der Waals surface area (Å²) in [4.78, 5) is 36.1. The van der Waals surface area contributed by atoms with Crippen LogP contribution in [0.25, 0.3) is 0 Å². The largest absolute Gasteiger partial charge is 0.325 e. The number of imide groups is 1. The first-order valence-corrected chi connectivity index (χ1v) is 6.12. The van der Waals surface area contributed by atoms with E-state index < -0.39 is 17.5 Å². The summed E-state index contributed by atoms with van der Waals surface area (Å²) in [6, 6.07) is 6.10. The SMILES string of the molecule is CC(=O)CN1C(=O)N[C@](C)(c2ccc(Cl)cc2)C1=O. The lowest BCUT2D eigenvalue weighted by Gasteiger charge is -2.22. The molecule has 1 atom stereocenters. The number of hydrogen-bond donors (Lipinski definition) is 1. The van der Waals surface area contributed by atoms with Crippen molar-refractivity contribution in [2.45, 2.75) is 19.4 Å². The first-order valence-electron chi connectivity index (χ1n) is 5.74. The van der Waals surface area contributed by atoms with Crippen LogP contribution in [-0.2, 0) is 15.1 Å². The molecule has 1 aromatic rings. The molecule has 1 aliphatic heterocycles. The third-order valence-corrected chi connectivity index (χ3v) is 3.33. The molecule has 0 spiro atoms. The van der Waals surface area contributed by atoms with E-state index in [0.29, 0.717) is 10.6 Å². The van der Waals surface area contributed by atoms with Crippen molar-refractivity contribution in [1.29, 1.82) is 0 Å². The van der Waals surface area contributed by atoms with E-state index >= 15 is 0 Å². The maximum atomic E-state index is 12.3. The Bertz CT molecular complexity index is 556. The Hall–Kier alpha value is -1.88. The highest BCUT2D eigenvalue weighted by molar-refractivity contribution is 6.30. The molecule has 0 saturated carbocycles. The predicted molar refractivity (Wildman–Crippen MR) is 69.7 cm³/mol. The van der Waals surface area contributed by atoms with Crippen molar-refractivity contribution in [2.75, 3.05) is 6.54 Å². The van der Waals surface area contributed by atoms with Crippen molar-refractivity contribution in [3.8, 4) is 0 Å². The third kappa shape index (κ3) is 2.33. The second kappa shape index (κ2) is 4.66. The van der Waals surface area contributed by atoms with Crippen molar-refractivity contribution < 1.29 is 14.4 Å². The van der Waals surface area contributed by atoms with Gasteiger partial charge in [0, 0.05) is 5.02 Å². The molecule has 0 aliphatic carbocycles. The first-order chi connectivity index (χ1) is 8.84. The smallest absolute Gasteiger partial charge is 0.319 e. The first kappa shape index (κ1) is 13.5. The number of urea groups is 1. The highest BCUT2D eigenvalue weighted by Gasteiger charge is 2.49. The van der Waals surface area contributed by atoms with Gasteiger partial charge < -0.3 is 5.32 Å². The van der Waals surface area contributed by atoms with Gasteiger partial charge in [-0.05, 0) is 31.5 Å². The molecule has 3 amide bonds. The van der Waals surface area contributed by atoms with E-state index in [1.54, 1.807) is 31.2 Å². The minimum absolute atomic E-state index is 0.214. The molecule has 0 radical (unpaired) electrons. The lowest BCUT2D eigenvalue weighted by atomic mass is 9.92. The molecule has 2 rings (SSSR count). The van der Waals surface area contributed by atoms with E-state index in [1.165, 1.54) is 6.92 Å². The van der Waals surface area contributed by atoms with Gasteiger partial charge in [0.2, 0.25) is 0 Å². The molecule has 1 aromatic carbocycles. The van der Waals surface area contributed by atoms with E-state index in [9.17, 15) is 14.4 Å². The van der Waals surface area contributed by atoms with E-state index in [2.05, 4.69) is 5.32 Å². The Morgan fingerprint density at radius 3 is 2.42 bits per heavy atom. The quantitative estimate of drug-likeness (QED) is 0.857. The van der Waals surface area contributed by atoms with Crippen molar-refractivity contribution in [3.05, 3.63) is 34.9 Å². The Morgan fingerprint density at radius 2 is 1.89 bits per heavy atom. The summed E-state index contributed by atoms with van der Waals surface area (Å²) in [6.07, 6.45) is 0. The van der Waals surface area contributed by atoms with Crippen molar-refractivity contribution in [2.24, 2.45) is 0 Å². The van der Waals surface area contributed by atoms with Gasteiger partial charge in [0.15, 0.2) is 0 Å². The van der Waals surface area contributed by atoms with E-state index in [0.717, 1.165) is 4.90 Å². The molecule has 0 aromatic heterocycles. The molecule has 1 saturated heterocycles. The van der Waals surface area contributed by atoms with Crippen LogP contribution in [0.4, 0.5) is 4.79 Å². The number of nitrogens with one attached hydrogen (secondary N) is 1. The number of halogens is 1. The molecule has 0 bridgehead atoms. The molecular formula is C13H13ClN2O3.